The van der Waals surface area contributed by atoms with Crippen LogP contribution in [0.1, 0.15) is 5.56 Å². The molecule has 4 heteroatoms. The van der Waals surface area contributed by atoms with E-state index in [2.05, 4.69) is 4.98 Å². The molecule has 1 aromatic heterocycles. The van der Waals surface area contributed by atoms with Gasteiger partial charge in [0.15, 0.2) is 9.84 Å². The van der Waals surface area contributed by atoms with E-state index in [0.29, 0.717) is 15.8 Å². The van der Waals surface area contributed by atoms with Crippen molar-refractivity contribution in [1.82, 2.24) is 4.98 Å². The summed E-state index contributed by atoms with van der Waals surface area (Å²) in [7, 11) is -3.19. The van der Waals surface area contributed by atoms with Gasteiger partial charge in [-0.1, -0.05) is 6.07 Å². The van der Waals surface area contributed by atoms with Gasteiger partial charge in [-0.25, -0.2) is 8.42 Å². The maximum atomic E-state index is 11.5. The first-order valence-corrected chi connectivity index (χ1v) is 6.43. The average Bonchev–Trinajstić information content (AvgIpc) is 2.15. The fourth-order valence-electron chi connectivity index (χ4n) is 1.55. The summed E-state index contributed by atoms with van der Waals surface area (Å²) in [6.07, 6.45) is 2.94. The van der Waals surface area contributed by atoms with Crippen LogP contribution in [-0.4, -0.2) is 19.7 Å². The topological polar surface area (TPSA) is 47.0 Å². The maximum absolute atomic E-state index is 11.5. The quantitative estimate of drug-likeness (QED) is 0.739. The summed E-state index contributed by atoms with van der Waals surface area (Å²) in [5.74, 6) is 0. The smallest absolute Gasteiger partial charge is 0.176 e. The van der Waals surface area contributed by atoms with Crippen LogP contribution >= 0.6 is 0 Å². The van der Waals surface area contributed by atoms with E-state index in [1.165, 1.54) is 6.26 Å². The number of benzene rings is 1. The molecule has 0 bridgehead atoms. The molecule has 0 aliphatic carbocycles. The normalized spacial score (nSPS) is 11.9. The van der Waals surface area contributed by atoms with Crippen molar-refractivity contribution in [3.63, 3.8) is 0 Å². The van der Waals surface area contributed by atoms with Crippen LogP contribution < -0.4 is 0 Å². The minimum absolute atomic E-state index is 0.344. The highest BCUT2D eigenvalue weighted by Crippen LogP contribution is 2.21. The molecule has 0 unspecified atom stereocenters. The van der Waals surface area contributed by atoms with Gasteiger partial charge in [-0.3, -0.25) is 4.98 Å². The Morgan fingerprint density at radius 1 is 1.27 bits per heavy atom. The summed E-state index contributed by atoms with van der Waals surface area (Å²) in [5.41, 5.74) is 1.67. The number of sulfone groups is 1. The molecule has 0 amide bonds. The lowest BCUT2D eigenvalue weighted by molar-refractivity contribution is 0.602. The molecule has 2 rings (SSSR count). The summed E-state index contributed by atoms with van der Waals surface area (Å²) >= 11 is 0. The monoisotopic (exact) mass is 221 g/mol. The largest absolute Gasteiger partial charge is 0.256 e. The molecule has 0 fully saturated rings. The Morgan fingerprint density at radius 3 is 2.67 bits per heavy atom. The number of nitrogens with zero attached hydrogens (tertiary/aromatic N) is 1. The van der Waals surface area contributed by atoms with E-state index in [9.17, 15) is 8.42 Å². The van der Waals surface area contributed by atoms with Crippen LogP contribution in [0.5, 0.6) is 0 Å². The van der Waals surface area contributed by atoms with Crippen LogP contribution in [0.2, 0.25) is 0 Å². The lowest BCUT2D eigenvalue weighted by Crippen LogP contribution is -1.98. The van der Waals surface area contributed by atoms with Crippen molar-refractivity contribution in [2.75, 3.05) is 6.26 Å². The van der Waals surface area contributed by atoms with Gasteiger partial charge in [0, 0.05) is 17.8 Å². The van der Waals surface area contributed by atoms with Gasteiger partial charge in [-0.2, -0.15) is 0 Å². The Bertz CT molecular complexity index is 618. The van der Waals surface area contributed by atoms with Crippen LogP contribution in [-0.2, 0) is 9.84 Å². The molecule has 1 aromatic carbocycles. The predicted octanol–water partition coefficient (Wildman–Crippen LogP) is 1.95. The first-order valence-electron chi connectivity index (χ1n) is 4.54. The van der Waals surface area contributed by atoms with Crippen molar-refractivity contribution in [2.45, 2.75) is 11.8 Å². The summed E-state index contributed by atoms with van der Waals surface area (Å²) in [6, 6.07) is 6.97. The van der Waals surface area contributed by atoms with Gasteiger partial charge < -0.3 is 0 Å². The SMILES string of the molecule is Cc1cnc2cccc(S(C)(=O)=O)c2c1. The number of hydrogen-bond acceptors (Lipinski definition) is 3. The van der Waals surface area contributed by atoms with E-state index in [1.807, 2.05) is 19.1 Å². The van der Waals surface area contributed by atoms with Crippen LogP contribution in [0.3, 0.4) is 0 Å². The Hall–Kier alpha value is -1.42. The lowest BCUT2D eigenvalue weighted by Gasteiger charge is -2.04. The molecule has 0 radical (unpaired) electrons. The number of aryl methyl sites for hydroxylation is 1. The molecule has 0 N–H and O–H groups in total. The van der Waals surface area contributed by atoms with Crippen LogP contribution in [0, 0.1) is 6.92 Å². The average molecular weight is 221 g/mol. The molecule has 0 saturated carbocycles. The molecular weight excluding hydrogens is 210 g/mol. The number of rotatable bonds is 1. The van der Waals surface area contributed by atoms with E-state index in [1.54, 1.807) is 18.3 Å². The molecule has 3 nitrogen and oxygen atoms in total. The fourth-order valence-corrected chi connectivity index (χ4v) is 2.44. The zero-order chi connectivity index (χ0) is 11.1. The molecule has 78 valence electrons. The molecule has 0 aliphatic rings. The molecular formula is C11H11NO2S. The fraction of sp³-hybridized carbons (Fsp3) is 0.182. The highest BCUT2D eigenvalue weighted by atomic mass is 32.2. The Balaban J connectivity index is 2.92. The van der Waals surface area contributed by atoms with Crippen molar-refractivity contribution in [2.24, 2.45) is 0 Å². The third-order valence-electron chi connectivity index (χ3n) is 2.22. The molecule has 15 heavy (non-hydrogen) atoms. The predicted molar refractivity (Wildman–Crippen MR) is 59.6 cm³/mol. The Morgan fingerprint density at radius 2 is 2.00 bits per heavy atom. The highest BCUT2D eigenvalue weighted by Gasteiger charge is 2.11. The van der Waals surface area contributed by atoms with Crippen molar-refractivity contribution in [1.29, 1.82) is 0 Å². The van der Waals surface area contributed by atoms with E-state index in [0.717, 1.165) is 5.56 Å². The van der Waals surface area contributed by atoms with Crippen LogP contribution in [0.4, 0.5) is 0 Å². The van der Waals surface area contributed by atoms with Crippen molar-refractivity contribution in [3.8, 4) is 0 Å². The molecule has 0 spiro atoms. The standard InChI is InChI=1S/C11H11NO2S/c1-8-6-9-10(12-7-8)4-3-5-11(9)15(2,13)14/h3-7H,1-2H3. The second-order valence-corrected chi connectivity index (χ2v) is 5.59. The first-order chi connectivity index (χ1) is 6.98. The maximum Gasteiger partial charge on any atom is 0.176 e. The second-order valence-electron chi connectivity index (χ2n) is 3.61. The summed E-state index contributed by atoms with van der Waals surface area (Å²) in [5, 5.41) is 0.694. The van der Waals surface area contributed by atoms with Gasteiger partial charge in [-0.15, -0.1) is 0 Å². The molecule has 0 aliphatic heterocycles. The van der Waals surface area contributed by atoms with E-state index < -0.39 is 9.84 Å². The highest BCUT2D eigenvalue weighted by molar-refractivity contribution is 7.91. The Kier molecular flexibility index (Phi) is 2.23. The summed E-state index contributed by atoms with van der Waals surface area (Å²) in [4.78, 5) is 4.53. The van der Waals surface area contributed by atoms with Crippen LogP contribution in [0.25, 0.3) is 10.9 Å². The first kappa shape index (κ1) is 10.1. The minimum Gasteiger partial charge on any atom is -0.256 e. The minimum atomic E-state index is -3.19. The Labute approximate surface area is 88.7 Å². The number of aromatic nitrogens is 1. The van der Waals surface area contributed by atoms with Gasteiger partial charge in [0.2, 0.25) is 0 Å². The lowest BCUT2D eigenvalue weighted by atomic mass is 10.2. The third-order valence-corrected chi connectivity index (χ3v) is 3.38. The van der Waals surface area contributed by atoms with Gasteiger partial charge in [0.05, 0.1) is 10.4 Å². The van der Waals surface area contributed by atoms with E-state index in [-0.39, 0.29) is 0 Å². The van der Waals surface area contributed by atoms with Gasteiger partial charge >= 0.3 is 0 Å². The van der Waals surface area contributed by atoms with Crippen LogP contribution in [0.15, 0.2) is 35.4 Å². The zero-order valence-corrected chi connectivity index (χ0v) is 9.38. The summed E-state index contributed by atoms with van der Waals surface area (Å²) < 4.78 is 23.1. The molecule has 2 aromatic rings. The van der Waals surface area contributed by atoms with Gasteiger partial charge in [0.25, 0.3) is 0 Å². The van der Waals surface area contributed by atoms with Crippen molar-refractivity contribution >= 4 is 20.7 Å². The van der Waals surface area contributed by atoms with E-state index >= 15 is 0 Å². The van der Waals surface area contributed by atoms with Gasteiger partial charge in [-0.05, 0) is 30.7 Å². The number of fused-ring (bicyclic) bond motifs is 1. The molecule has 1 heterocycles. The van der Waals surface area contributed by atoms with E-state index in [4.69, 9.17) is 0 Å². The summed E-state index contributed by atoms with van der Waals surface area (Å²) in [6.45, 7) is 1.89. The zero-order valence-electron chi connectivity index (χ0n) is 8.56. The second kappa shape index (κ2) is 3.31. The third kappa shape index (κ3) is 1.85. The van der Waals surface area contributed by atoms with Gasteiger partial charge in [0.1, 0.15) is 0 Å². The molecule has 0 atom stereocenters. The van der Waals surface area contributed by atoms with Crippen molar-refractivity contribution in [3.05, 3.63) is 36.0 Å². The molecule has 0 saturated heterocycles. The van der Waals surface area contributed by atoms with Crippen molar-refractivity contribution < 1.29 is 8.42 Å². The number of pyridine rings is 1. The number of hydrogen-bond donors (Lipinski definition) is 0.